The van der Waals surface area contributed by atoms with Crippen LogP contribution in [-0.2, 0) is 25.7 Å². The van der Waals surface area contributed by atoms with Crippen molar-refractivity contribution in [1.82, 2.24) is 0 Å². The minimum Gasteiger partial charge on any atom is -0.547 e. The molecule has 0 rings (SSSR count). The van der Waals surface area contributed by atoms with Crippen molar-refractivity contribution in [3.63, 3.8) is 0 Å². The second-order valence-corrected chi connectivity index (χ2v) is 6.85. The molecule has 6 nitrogen and oxygen atoms in total. The largest absolute Gasteiger partial charge is 1.20 e. The Morgan fingerprint density at radius 1 is 0.640 bits per heavy atom. The fraction of sp³-hybridized carbons (Fsp3) is 0.500. The highest BCUT2D eigenvalue weighted by Crippen LogP contribution is 2.12. The summed E-state index contributed by atoms with van der Waals surface area (Å²) < 4.78 is 15.3. The lowest BCUT2D eigenvalue weighted by Gasteiger charge is -2.15. The highest BCUT2D eigenvalue weighted by atomic mass is 27.3. The Bertz CT molecular complexity index is 462. The van der Waals surface area contributed by atoms with E-state index in [1.807, 2.05) is 20.8 Å². The van der Waals surface area contributed by atoms with Crippen molar-refractivity contribution in [3.8, 4) is 0 Å². The molecule has 0 N–H and O–H groups in total. The Balaban J connectivity index is 5.03. The Labute approximate surface area is 154 Å². The van der Waals surface area contributed by atoms with Gasteiger partial charge in [0.2, 0.25) is 0 Å². The van der Waals surface area contributed by atoms with Crippen LogP contribution in [0.5, 0.6) is 0 Å². The first-order valence-corrected chi connectivity index (χ1v) is 9.84. The maximum Gasteiger partial charge on any atom is 1.20 e. The van der Waals surface area contributed by atoms with Crippen molar-refractivity contribution in [2.45, 2.75) is 59.3 Å². The van der Waals surface area contributed by atoms with Crippen molar-refractivity contribution in [2.75, 3.05) is 0 Å². The van der Waals surface area contributed by atoms with E-state index in [-0.39, 0.29) is 16.7 Å². The molecule has 0 aliphatic heterocycles. The first-order chi connectivity index (χ1) is 11.8. The van der Waals surface area contributed by atoms with E-state index in [0.29, 0.717) is 38.5 Å². The van der Waals surface area contributed by atoms with Gasteiger partial charge in [0.05, 0.1) is 0 Å². The first-order valence-electron chi connectivity index (χ1n) is 8.42. The van der Waals surface area contributed by atoms with Crippen LogP contribution in [0.15, 0.2) is 36.5 Å². The van der Waals surface area contributed by atoms with E-state index in [2.05, 4.69) is 19.7 Å². The highest BCUT2D eigenvalue weighted by Gasteiger charge is 2.49. The summed E-state index contributed by atoms with van der Waals surface area (Å²) in [6, 6.07) is 0. The predicted octanol–water partition coefficient (Wildman–Crippen LogP) is 3.67. The zero-order valence-electron chi connectivity index (χ0n) is 15.4. The topological polar surface area (TPSA) is 78.9 Å². The summed E-state index contributed by atoms with van der Waals surface area (Å²) in [4.78, 5) is 35.9. The Morgan fingerprint density at radius 3 is 1.08 bits per heavy atom. The van der Waals surface area contributed by atoms with Crippen LogP contribution >= 0.6 is 0 Å². The van der Waals surface area contributed by atoms with E-state index in [1.165, 1.54) is 0 Å². The molecule has 0 amide bonds. The third-order valence-corrected chi connectivity index (χ3v) is 4.35. The fourth-order valence-corrected chi connectivity index (χ4v) is 2.96. The average Bonchev–Trinajstić information content (AvgIpc) is 2.55. The molecule has 0 aromatic heterocycles. The van der Waals surface area contributed by atoms with E-state index in [9.17, 15) is 14.4 Å². The minimum atomic E-state index is -3.38. The monoisotopic (exact) mass is 366 g/mol. The average molecular weight is 366 g/mol. The lowest BCUT2D eigenvalue weighted by molar-refractivity contribution is -0.143. The zero-order chi connectivity index (χ0) is 19.4. The lowest BCUT2D eigenvalue weighted by atomic mass is 10.2. The van der Waals surface area contributed by atoms with Gasteiger partial charge in [-0.3, -0.25) is 14.4 Å². The molecule has 0 atom stereocenters. The third-order valence-electron chi connectivity index (χ3n) is 3.13. The summed E-state index contributed by atoms with van der Waals surface area (Å²) in [6.45, 7) is 16.5. The van der Waals surface area contributed by atoms with Gasteiger partial charge in [-0.25, -0.2) is 0 Å². The van der Waals surface area contributed by atoms with Gasteiger partial charge in [-0.2, -0.15) is 0 Å². The van der Waals surface area contributed by atoms with Gasteiger partial charge in [-0.15, -0.1) is 0 Å². The van der Waals surface area contributed by atoms with Crippen molar-refractivity contribution < 1.29 is 25.7 Å². The number of hydrogen-bond donors (Lipinski definition) is 0. The molecule has 0 heterocycles. The fourth-order valence-electron chi connectivity index (χ4n) is 1.80. The van der Waals surface area contributed by atoms with Crippen LogP contribution < -0.4 is 0 Å². The molecule has 0 bridgehead atoms. The van der Waals surface area contributed by atoms with Gasteiger partial charge >= 0.3 is 33.1 Å². The van der Waals surface area contributed by atoms with Crippen LogP contribution in [0.25, 0.3) is 0 Å². The SMILES string of the molecule is C=C(CCC)C(=O)[O][Al]([O]C(=O)C(=C)CCC)[O]C(=O)C(=C)CCC. The molecule has 0 aliphatic rings. The molecule has 0 saturated heterocycles. The van der Waals surface area contributed by atoms with Crippen LogP contribution in [0.4, 0.5) is 0 Å². The minimum absolute atomic E-state index is 0.229. The van der Waals surface area contributed by atoms with E-state index < -0.39 is 33.1 Å². The Morgan fingerprint density at radius 2 is 0.880 bits per heavy atom. The van der Waals surface area contributed by atoms with Crippen molar-refractivity contribution in [1.29, 1.82) is 0 Å². The van der Waals surface area contributed by atoms with Crippen LogP contribution in [0, 0.1) is 0 Å². The molecule has 0 saturated carbocycles. The van der Waals surface area contributed by atoms with Crippen molar-refractivity contribution in [2.24, 2.45) is 0 Å². The van der Waals surface area contributed by atoms with E-state index in [4.69, 9.17) is 11.4 Å². The van der Waals surface area contributed by atoms with Gasteiger partial charge in [0, 0.05) is 16.7 Å². The summed E-state index contributed by atoms with van der Waals surface area (Å²) in [5, 5.41) is 0. The zero-order valence-corrected chi connectivity index (χ0v) is 16.5. The number of rotatable bonds is 12. The first kappa shape index (κ1) is 23.2. The second-order valence-electron chi connectivity index (χ2n) is 5.57. The Kier molecular flexibility index (Phi) is 11.6. The van der Waals surface area contributed by atoms with Gasteiger partial charge in [-0.1, -0.05) is 59.8 Å². The molecule has 138 valence electrons. The summed E-state index contributed by atoms with van der Waals surface area (Å²) >= 11 is -3.38. The summed E-state index contributed by atoms with van der Waals surface area (Å²) in [5.74, 6) is -2.20. The quantitative estimate of drug-likeness (QED) is 0.387. The van der Waals surface area contributed by atoms with Gasteiger partial charge in [0.1, 0.15) is 0 Å². The van der Waals surface area contributed by atoms with Crippen LogP contribution in [0.3, 0.4) is 0 Å². The molecule has 0 aliphatic carbocycles. The molecule has 25 heavy (non-hydrogen) atoms. The van der Waals surface area contributed by atoms with Crippen LogP contribution in [0.2, 0.25) is 0 Å². The van der Waals surface area contributed by atoms with Crippen LogP contribution in [0.1, 0.15) is 59.3 Å². The second kappa shape index (κ2) is 12.5. The van der Waals surface area contributed by atoms with E-state index in [1.54, 1.807) is 0 Å². The number of carbonyl (C=O) groups excluding carboxylic acids is 3. The van der Waals surface area contributed by atoms with Crippen molar-refractivity contribution in [3.05, 3.63) is 36.5 Å². The smallest absolute Gasteiger partial charge is 0.547 e. The number of carbonyl (C=O) groups is 3. The van der Waals surface area contributed by atoms with E-state index in [0.717, 1.165) is 0 Å². The third kappa shape index (κ3) is 9.28. The molecule has 0 fully saturated rings. The molecule has 7 heteroatoms. The molecule has 0 unspecified atom stereocenters. The standard InChI is InChI=1S/3C6H10O2.Al/c3*1-3-4-5(2)6(7)8;/h3*2-4H2,1H3,(H,7,8);/q;;;+3/p-3. The summed E-state index contributed by atoms with van der Waals surface area (Å²) in [6.07, 6.45) is 3.44. The maximum absolute atomic E-state index is 12.0. The maximum atomic E-state index is 12.0. The molecular weight excluding hydrogens is 339 g/mol. The molecular formula is C18H27AlO6. The Hall–Kier alpha value is -1.84. The van der Waals surface area contributed by atoms with E-state index >= 15 is 0 Å². The van der Waals surface area contributed by atoms with Crippen LogP contribution in [-0.4, -0.2) is 33.1 Å². The summed E-state index contributed by atoms with van der Waals surface area (Å²) in [7, 11) is 0. The molecule has 0 aromatic rings. The molecule has 0 aromatic carbocycles. The van der Waals surface area contributed by atoms with Gasteiger partial charge in [0.15, 0.2) is 0 Å². The molecule has 0 radical (unpaired) electrons. The normalized spacial score (nSPS) is 9.72. The van der Waals surface area contributed by atoms with Gasteiger partial charge in [0.25, 0.3) is 0 Å². The molecule has 0 spiro atoms. The lowest BCUT2D eigenvalue weighted by Crippen LogP contribution is -2.35. The van der Waals surface area contributed by atoms with Gasteiger partial charge < -0.3 is 11.4 Å². The highest BCUT2D eigenvalue weighted by molar-refractivity contribution is 6.45. The van der Waals surface area contributed by atoms with Gasteiger partial charge in [-0.05, 0) is 19.3 Å². The van der Waals surface area contributed by atoms with Crippen molar-refractivity contribution >= 4 is 33.1 Å². The summed E-state index contributed by atoms with van der Waals surface area (Å²) in [5.41, 5.74) is 0.686. The predicted molar refractivity (Wildman–Crippen MR) is 96.2 cm³/mol. The number of hydrogen-bond acceptors (Lipinski definition) is 6.